The van der Waals surface area contributed by atoms with E-state index in [-0.39, 0.29) is 11.3 Å². The molecule has 122 valence electrons. The number of aromatic hydroxyl groups is 1. The van der Waals surface area contributed by atoms with Crippen LogP contribution in [0.5, 0.6) is 11.5 Å². The van der Waals surface area contributed by atoms with Gasteiger partial charge in [-0.3, -0.25) is 4.79 Å². The third-order valence-corrected chi connectivity index (χ3v) is 3.22. The van der Waals surface area contributed by atoms with Gasteiger partial charge in [0.2, 0.25) is 0 Å². The van der Waals surface area contributed by atoms with Gasteiger partial charge in [-0.1, -0.05) is 6.07 Å². The number of phenols is 1. The van der Waals surface area contributed by atoms with E-state index >= 15 is 0 Å². The zero-order valence-electron chi connectivity index (χ0n) is 13.3. The van der Waals surface area contributed by atoms with Crippen LogP contribution in [0.3, 0.4) is 0 Å². The van der Waals surface area contributed by atoms with Crippen LogP contribution in [0.1, 0.15) is 5.56 Å². The summed E-state index contributed by atoms with van der Waals surface area (Å²) in [5.74, 6) is 0.0970. The zero-order chi connectivity index (χ0) is 17.5. The molecule has 0 unspecified atom stereocenters. The van der Waals surface area contributed by atoms with Gasteiger partial charge in [-0.25, -0.2) is 0 Å². The Morgan fingerprint density at radius 1 is 1.25 bits per heavy atom. The van der Waals surface area contributed by atoms with E-state index in [1.54, 1.807) is 24.3 Å². The van der Waals surface area contributed by atoms with Gasteiger partial charge in [0.05, 0.1) is 12.8 Å². The van der Waals surface area contributed by atoms with Crippen LogP contribution in [-0.4, -0.2) is 18.1 Å². The maximum Gasteiger partial charge on any atom is 0.267 e. The molecule has 0 radical (unpaired) electrons. The van der Waals surface area contributed by atoms with E-state index in [4.69, 9.17) is 4.74 Å². The van der Waals surface area contributed by atoms with Crippen molar-refractivity contribution in [2.75, 3.05) is 17.7 Å². The minimum Gasteiger partial charge on any atom is -0.508 e. The Balaban J connectivity index is 2.14. The average molecular weight is 323 g/mol. The second-order valence-electron chi connectivity index (χ2n) is 5.02. The van der Waals surface area contributed by atoms with E-state index < -0.39 is 5.91 Å². The first-order chi connectivity index (χ1) is 11.5. The molecule has 3 N–H and O–H groups in total. The molecule has 0 bridgehead atoms. The highest BCUT2D eigenvalue weighted by Gasteiger charge is 2.12. The average Bonchev–Trinajstić information content (AvgIpc) is 2.57. The second kappa shape index (κ2) is 7.70. The molecular formula is C18H17N3O3. The molecule has 0 saturated carbocycles. The number of nitrogens with zero attached hydrogens (tertiary/aromatic N) is 1. The van der Waals surface area contributed by atoms with Crippen LogP contribution in [0.2, 0.25) is 0 Å². The minimum absolute atomic E-state index is 0.0911. The van der Waals surface area contributed by atoms with Crippen molar-refractivity contribution in [1.82, 2.24) is 0 Å². The summed E-state index contributed by atoms with van der Waals surface area (Å²) in [5.41, 5.74) is 2.00. The fraction of sp³-hybridized carbons (Fsp3) is 0.111. The summed E-state index contributed by atoms with van der Waals surface area (Å²) in [4.78, 5) is 12.3. The molecule has 6 nitrogen and oxygen atoms in total. The number of phenolic OH excluding ortho intramolecular Hbond substituents is 1. The molecule has 0 fully saturated rings. The maximum absolute atomic E-state index is 12.3. The van der Waals surface area contributed by atoms with Gasteiger partial charge in [0.1, 0.15) is 23.1 Å². The summed E-state index contributed by atoms with van der Waals surface area (Å²) in [6, 6.07) is 13.5. The molecule has 24 heavy (non-hydrogen) atoms. The van der Waals surface area contributed by atoms with E-state index in [9.17, 15) is 15.2 Å². The summed E-state index contributed by atoms with van der Waals surface area (Å²) < 4.78 is 5.20. The molecule has 0 aliphatic carbocycles. The van der Waals surface area contributed by atoms with Gasteiger partial charge < -0.3 is 20.5 Å². The minimum atomic E-state index is -0.548. The standard InChI is InChI=1S/C18H17N3O3/c1-12-3-8-17(24-2)16(9-12)21-18(23)13(10-19)11-20-14-4-6-15(22)7-5-14/h3-9,11,20,22H,1-2H3,(H,21,23)/b13-11-. The first-order valence-electron chi connectivity index (χ1n) is 7.15. The van der Waals surface area contributed by atoms with Crippen molar-refractivity contribution in [2.24, 2.45) is 0 Å². The van der Waals surface area contributed by atoms with Gasteiger partial charge in [0, 0.05) is 11.9 Å². The molecule has 0 aliphatic heterocycles. The van der Waals surface area contributed by atoms with Crippen molar-refractivity contribution >= 4 is 17.3 Å². The number of amides is 1. The molecule has 2 aromatic carbocycles. The molecule has 0 aliphatic rings. The highest BCUT2D eigenvalue weighted by molar-refractivity contribution is 6.07. The third kappa shape index (κ3) is 4.27. The Hall–Kier alpha value is -3.46. The summed E-state index contributed by atoms with van der Waals surface area (Å²) in [6.07, 6.45) is 1.31. The smallest absolute Gasteiger partial charge is 0.267 e. The Morgan fingerprint density at radius 3 is 2.58 bits per heavy atom. The number of hydrogen-bond acceptors (Lipinski definition) is 5. The molecular weight excluding hydrogens is 306 g/mol. The summed E-state index contributed by atoms with van der Waals surface area (Å²) in [5, 5.41) is 23.9. The summed E-state index contributed by atoms with van der Waals surface area (Å²) in [7, 11) is 1.51. The van der Waals surface area contributed by atoms with Crippen LogP contribution in [0.4, 0.5) is 11.4 Å². The van der Waals surface area contributed by atoms with Gasteiger partial charge in [0.15, 0.2) is 0 Å². The van der Waals surface area contributed by atoms with Crippen LogP contribution in [-0.2, 0) is 4.79 Å². The molecule has 2 aromatic rings. The van der Waals surface area contributed by atoms with Crippen LogP contribution < -0.4 is 15.4 Å². The maximum atomic E-state index is 12.3. The van der Waals surface area contributed by atoms with Gasteiger partial charge in [-0.15, -0.1) is 0 Å². The number of benzene rings is 2. The lowest BCUT2D eigenvalue weighted by atomic mass is 10.2. The van der Waals surface area contributed by atoms with E-state index in [2.05, 4.69) is 10.6 Å². The number of hydrogen-bond donors (Lipinski definition) is 3. The second-order valence-corrected chi connectivity index (χ2v) is 5.02. The Bertz CT molecular complexity index is 805. The van der Waals surface area contributed by atoms with Gasteiger partial charge in [-0.05, 0) is 48.9 Å². The largest absolute Gasteiger partial charge is 0.508 e. The first kappa shape index (κ1) is 16.9. The third-order valence-electron chi connectivity index (χ3n) is 3.22. The lowest BCUT2D eigenvalue weighted by Crippen LogP contribution is -2.15. The zero-order valence-corrected chi connectivity index (χ0v) is 13.3. The highest BCUT2D eigenvalue weighted by atomic mass is 16.5. The van der Waals surface area contributed by atoms with Crippen molar-refractivity contribution in [3.8, 4) is 17.6 Å². The van der Waals surface area contributed by atoms with Gasteiger partial charge >= 0.3 is 0 Å². The van der Waals surface area contributed by atoms with Crippen molar-refractivity contribution in [1.29, 1.82) is 5.26 Å². The lowest BCUT2D eigenvalue weighted by molar-refractivity contribution is -0.112. The van der Waals surface area contributed by atoms with E-state index in [0.29, 0.717) is 17.1 Å². The van der Waals surface area contributed by atoms with Crippen LogP contribution in [0.25, 0.3) is 0 Å². The number of carbonyl (C=O) groups excluding carboxylic acids is 1. The van der Waals surface area contributed by atoms with Gasteiger partial charge in [-0.2, -0.15) is 5.26 Å². The number of methoxy groups -OCH3 is 1. The molecule has 2 rings (SSSR count). The Kier molecular flexibility index (Phi) is 5.42. The van der Waals surface area contributed by atoms with Crippen molar-refractivity contribution in [3.63, 3.8) is 0 Å². The highest BCUT2D eigenvalue weighted by Crippen LogP contribution is 2.25. The van der Waals surface area contributed by atoms with Crippen molar-refractivity contribution in [3.05, 3.63) is 59.8 Å². The number of nitrogens with one attached hydrogen (secondary N) is 2. The number of nitriles is 1. The normalized spacial score (nSPS) is 10.6. The number of anilines is 2. The van der Waals surface area contributed by atoms with E-state index in [0.717, 1.165) is 5.56 Å². The monoisotopic (exact) mass is 323 g/mol. The fourth-order valence-electron chi connectivity index (χ4n) is 1.97. The number of aryl methyl sites for hydroxylation is 1. The molecule has 0 saturated heterocycles. The Morgan fingerprint density at radius 2 is 1.96 bits per heavy atom. The molecule has 0 heterocycles. The van der Waals surface area contributed by atoms with E-state index in [1.165, 1.54) is 25.4 Å². The number of carbonyl (C=O) groups is 1. The number of rotatable bonds is 5. The first-order valence-corrected chi connectivity index (χ1v) is 7.15. The van der Waals surface area contributed by atoms with Crippen LogP contribution in [0, 0.1) is 18.3 Å². The molecule has 0 spiro atoms. The summed E-state index contributed by atoms with van der Waals surface area (Å²) in [6.45, 7) is 1.89. The van der Waals surface area contributed by atoms with Crippen molar-refractivity contribution in [2.45, 2.75) is 6.92 Å². The number of ether oxygens (including phenoxy) is 1. The Labute approximate surface area is 140 Å². The quantitative estimate of drug-likeness (QED) is 0.446. The van der Waals surface area contributed by atoms with Crippen LogP contribution >= 0.6 is 0 Å². The lowest BCUT2D eigenvalue weighted by Gasteiger charge is -2.10. The van der Waals surface area contributed by atoms with Crippen molar-refractivity contribution < 1.29 is 14.6 Å². The fourth-order valence-corrected chi connectivity index (χ4v) is 1.97. The molecule has 1 amide bonds. The van der Waals surface area contributed by atoms with Gasteiger partial charge in [0.25, 0.3) is 5.91 Å². The molecule has 0 atom stereocenters. The van der Waals surface area contributed by atoms with E-state index in [1.807, 2.05) is 19.1 Å². The predicted octanol–water partition coefficient (Wildman–Crippen LogP) is 3.17. The molecule has 0 aromatic heterocycles. The molecule has 6 heteroatoms. The topological polar surface area (TPSA) is 94.4 Å². The SMILES string of the molecule is COc1ccc(C)cc1NC(=O)/C(C#N)=C\Nc1ccc(O)cc1. The summed E-state index contributed by atoms with van der Waals surface area (Å²) >= 11 is 0. The van der Waals surface area contributed by atoms with Crippen LogP contribution in [0.15, 0.2) is 54.2 Å². The predicted molar refractivity (Wildman–Crippen MR) is 91.8 cm³/mol.